The summed E-state index contributed by atoms with van der Waals surface area (Å²) in [5.41, 5.74) is 2.67. The molecule has 3 aromatic rings. The van der Waals surface area contributed by atoms with E-state index < -0.39 is 17.5 Å². The Bertz CT molecular complexity index is 915. The van der Waals surface area contributed by atoms with Gasteiger partial charge in [0.25, 0.3) is 5.91 Å². The molecule has 0 saturated carbocycles. The molecule has 7 heteroatoms. The molecule has 0 unspecified atom stereocenters. The summed E-state index contributed by atoms with van der Waals surface area (Å²) in [6.07, 6.45) is 0.914. The van der Waals surface area contributed by atoms with Crippen molar-refractivity contribution in [2.75, 3.05) is 0 Å². The van der Waals surface area contributed by atoms with Gasteiger partial charge in [-0.1, -0.05) is 18.2 Å². The van der Waals surface area contributed by atoms with Gasteiger partial charge < -0.3 is 0 Å². The Kier molecular flexibility index (Phi) is 4.95. The van der Waals surface area contributed by atoms with Gasteiger partial charge in [0, 0.05) is 4.88 Å². The second-order valence-corrected chi connectivity index (χ2v) is 6.09. The highest BCUT2D eigenvalue weighted by Crippen LogP contribution is 2.28. The number of hydrazone groups is 1. The van der Waals surface area contributed by atoms with Gasteiger partial charge in [0.05, 0.1) is 16.7 Å². The van der Waals surface area contributed by atoms with Crippen LogP contribution in [0.25, 0.3) is 10.4 Å². The first-order valence-corrected chi connectivity index (χ1v) is 7.99. The van der Waals surface area contributed by atoms with Gasteiger partial charge in [0.2, 0.25) is 0 Å². The second kappa shape index (κ2) is 7.31. The molecule has 1 aromatic heterocycles. The van der Waals surface area contributed by atoms with Crippen molar-refractivity contribution in [1.29, 1.82) is 0 Å². The van der Waals surface area contributed by atoms with Crippen molar-refractivity contribution in [2.24, 2.45) is 5.10 Å². The molecule has 0 aliphatic carbocycles. The first-order valence-electron chi connectivity index (χ1n) is 7.18. The predicted octanol–water partition coefficient (Wildman–Crippen LogP) is 4.60. The van der Waals surface area contributed by atoms with Gasteiger partial charge in [-0.3, -0.25) is 4.79 Å². The molecule has 2 aromatic carbocycles. The van der Waals surface area contributed by atoms with Crippen molar-refractivity contribution in [3.05, 3.63) is 82.5 Å². The van der Waals surface area contributed by atoms with Crippen molar-refractivity contribution >= 4 is 23.5 Å². The van der Waals surface area contributed by atoms with Crippen molar-refractivity contribution in [2.45, 2.75) is 0 Å². The number of thiophene rings is 1. The zero-order valence-corrected chi connectivity index (χ0v) is 13.5. The number of nitrogens with zero attached hydrogens (tertiary/aromatic N) is 1. The van der Waals surface area contributed by atoms with E-state index in [1.54, 1.807) is 24.3 Å². The molecule has 126 valence electrons. The van der Waals surface area contributed by atoms with E-state index in [4.69, 9.17) is 0 Å². The molecule has 0 aliphatic rings. The highest BCUT2D eigenvalue weighted by Gasteiger charge is 2.10. The molecule has 1 heterocycles. The fourth-order valence-electron chi connectivity index (χ4n) is 2.07. The van der Waals surface area contributed by atoms with Gasteiger partial charge in [0.15, 0.2) is 0 Å². The molecule has 0 radical (unpaired) electrons. The van der Waals surface area contributed by atoms with E-state index in [0.29, 0.717) is 4.88 Å². The third kappa shape index (κ3) is 3.95. The van der Waals surface area contributed by atoms with Gasteiger partial charge in [-0.25, -0.2) is 18.6 Å². The van der Waals surface area contributed by atoms with Gasteiger partial charge >= 0.3 is 0 Å². The summed E-state index contributed by atoms with van der Waals surface area (Å²) in [4.78, 5) is 13.2. The summed E-state index contributed by atoms with van der Waals surface area (Å²) >= 11 is 1.20. The molecule has 1 amide bonds. The summed E-state index contributed by atoms with van der Waals surface area (Å²) < 4.78 is 39.8. The average molecular weight is 360 g/mol. The SMILES string of the molecule is O=C(N/N=C\c1c(F)cccc1F)c1ccc(-c2ccc(F)cc2)s1. The molecule has 0 atom stereocenters. The summed E-state index contributed by atoms with van der Waals surface area (Å²) in [6.45, 7) is 0. The smallest absolute Gasteiger partial charge is 0.266 e. The van der Waals surface area contributed by atoms with E-state index in [1.807, 2.05) is 0 Å². The minimum Gasteiger partial charge on any atom is -0.266 e. The van der Waals surface area contributed by atoms with Crippen LogP contribution in [0.3, 0.4) is 0 Å². The lowest BCUT2D eigenvalue weighted by atomic mass is 10.2. The summed E-state index contributed by atoms with van der Waals surface area (Å²) in [5, 5.41) is 3.59. The molecule has 0 saturated heterocycles. The lowest BCUT2D eigenvalue weighted by Crippen LogP contribution is -2.16. The standard InChI is InChI=1S/C18H11F3N2OS/c19-12-6-4-11(5-7-12)16-8-9-17(25-16)18(24)23-22-10-13-14(20)2-1-3-15(13)21/h1-10H,(H,23,24)/b22-10-. The maximum Gasteiger partial charge on any atom is 0.281 e. The van der Waals surface area contributed by atoms with Crippen LogP contribution in [0.5, 0.6) is 0 Å². The van der Waals surface area contributed by atoms with Crippen LogP contribution >= 0.6 is 11.3 Å². The van der Waals surface area contributed by atoms with Gasteiger partial charge in [-0.15, -0.1) is 11.3 Å². The third-order valence-corrected chi connectivity index (χ3v) is 4.45. The molecular formula is C18H11F3N2OS. The van der Waals surface area contributed by atoms with E-state index in [9.17, 15) is 18.0 Å². The summed E-state index contributed by atoms with van der Waals surface area (Å²) in [6, 6.07) is 12.7. The highest BCUT2D eigenvalue weighted by molar-refractivity contribution is 7.17. The predicted molar refractivity (Wildman–Crippen MR) is 91.1 cm³/mol. The Morgan fingerprint density at radius 3 is 2.32 bits per heavy atom. The van der Waals surface area contributed by atoms with E-state index in [-0.39, 0.29) is 11.4 Å². The normalized spacial score (nSPS) is 11.0. The van der Waals surface area contributed by atoms with Gasteiger partial charge in [-0.2, -0.15) is 5.10 Å². The lowest BCUT2D eigenvalue weighted by Gasteiger charge is -1.99. The number of carbonyl (C=O) groups is 1. The Morgan fingerprint density at radius 2 is 1.64 bits per heavy atom. The van der Waals surface area contributed by atoms with Crippen LogP contribution in [0.1, 0.15) is 15.2 Å². The molecule has 3 nitrogen and oxygen atoms in total. The van der Waals surface area contributed by atoms with Crippen LogP contribution in [-0.2, 0) is 0 Å². The van der Waals surface area contributed by atoms with Crippen LogP contribution in [0.4, 0.5) is 13.2 Å². The first kappa shape index (κ1) is 16.9. The molecule has 0 spiro atoms. The number of hydrogen-bond donors (Lipinski definition) is 1. The van der Waals surface area contributed by atoms with E-state index in [1.165, 1.54) is 29.5 Å². The Hall–Kier alpha value is -2.93. The van der Waals surface area contributed by atoms with Crippen LogP contribution in [0.15, 0.2) is 59.7 Å². The average Bonchev–Trinajstić information content (AvgIpc) is 3.08. The summed E-state index contributed by atoms with van der Waals surface area (Å²) in [5.74, 6) is -2.39. The lowest BCUT2D eigenvalue weighted by molar-refractivity contribution is 0.0959. The Balaban J connectivity index is 1.70. The second-order valence-electron chi connectivity index (χ2n) is 5.01. The third-order valence-electron chi connectivity index (χ3n) is 3.32. The quantitative estimate of drug-likeness (QED) is 0.536. The molecule has 0 aliphatic heterocycles. The van der Waals surface area contributed by atoms with E-state index in [2.05, 4.69) is 10.5 Å². The van der Waals surface area contributed by atoms with E-state index in [0.717, 1.165) is 28.8 Å². The maximum absolute atomic E-state index is 13.4. The maximum atomic E-state index is 13.4. The summed E-state index contributed by atoms with van der Waals surface area (Å²) in [7, 11) is 0. The van der Waals surface area contributed by atoms with Crippen molar-refractivity contribution < 1.29 is 18.0 Å². The van der Waals surface area contributed by atoms with Crippen molar-refractivity contribution in [3.8, 4) is 10.4 Å². The van der Waals surface area contributed by atoms with Crippen LogP contribution in [0.2, 0.25) is 0 Å². The largest absolute Gasteiger partial charge is 0.281 e. The van der Waals surface area contributed by atoms with Crippen LogP contribution in [-0.4, -0.2) is 12.1 Å². The number of nitrogens with one attached hydrogen (secondary N) is 1. The van der Waals surface area contributed by atoms with Gasteiger partial charge in [-0.05, 0) is 42.0 Å². The number of rotatable bonds is 4. The first-order chi connectivity index (χ1) is 12.0. The van der Waals surface area contributed by atoms with Crippen molar-refractivity contribution in [3.63, 3.8) is 0 Å². The monoisotopic (exact) mass is 360 g/mol. The number of carbonyl (C=O) groups excluding carboxylic acids is 1. The Labute approximate surface area is 145 Å². The zero-order chi connectivity index (χ0) is 17.8. The molecule has 25 heavy (non-hydrogen) atoms. The fraction of sp³-hybridized carbons (Fsp3) is 0. The van der Waals surface area contributed by atoms with Gasteiger partial charge in [0.1, 0.15) is 17.5 Å². The number of halogens is 3. The number of amides is 1. The minimum atomic E-state index is -0.771. The number of hydrogen-bond acceptors (Lipinski definition) is 3. The molecule has 0 fully saturated rings. The highest BCUT2D eigenvalue weighted by atomic mass is 32.1. The topological polar surface area (TPSA) is 41.5 Å². The molecule has 3 rings (SSSR count). The fourth-order valence-corrected chi connectivity index (χ4v) is 2.98. The van der Waals surface area contributed by atoms with Crippen LogP contribution < -0.4 is 5.43 Å². The minimum absolute atomic E-state index is 0.332. The zero-order valence-electron chi connectivity index (χ0n) is 12.7. The molecule has 1 N–H and O–H groups in total. The van der Waals surface area contributed by atoms with E-state index >= 15 is 0 Å². The molecule has 0 bridgehead atoms. The Morgan fingerprint density at radius 1 is 0.960 bits per heavy atom. The van der Waals surface area contributed by atoms with Crippen LogP contribution in [0, 0.1) is 17.5 Å². The molecular weight excluding hydrogens is 349 g/mol. The number of benzene rings is 2. The van der Waals surface area contributed by atoms with Crippen molar-refractivity contribution in [1.82, 2.24) is 5.43 Å².